The van der Waals surface area contributed by atoms with Crippen LogP contribution in [0.2, 0.25) is 0 Å². The lowest BCUT2D eigenvalue weighted by atomic mass is 9.68. The average molecular weight is 380 g/mol. The van der Waals surface area contributed by atoms with Gasteiger partial charge < -0.3 is 4.74 Å². The number of rotatable bonds is 7. The molecule has 0 aliphatic heterocycles. The summed E-state index contributed by atoms with van der Waals surface area (Å²) in [4.78, 5) is 0. The highest BCUT2D eigenvalue weighted by atomic mass is 19.3. The van der Waals surface area contributed by atoms with Gasteiger partial charge in [0.15, 0.2) is 0 Å². The molecule has 27 heavy (non-hydrogen) atoms. The number of allylic oxidation sites excluding steroid dienone is 2. The van der Waals surface area contributed by atoms with Gasteiger partial charge in [-0.25, -0.2) is 0 Å². The second-order valence-electron chi connectivity index (χ2n) is 8.14. The molecule has 1 nitrogen and oxygen atoms in total. The maximum atomic E-state index is 12.3. The summed E-state index contributed by atoms with van der Waals surface area (Å²) >= 11 is 0. The van der Waals surface area contributed by atoms with Gasteiger partial charge >= 0.3 is 6.61 Å². The summed E-state index contributed by atoms with van der Waals surface area (Å²) in [6.07, 6.45) is 14.8. The van der Waals surface area contributed by atoms with Gasteiger partial charge in [-0.2, -0.15) is 8.78 Å². The Hall–Kier alpha value is -1.45. The van der Waals surface area contributed by atoms with E-state index in [0.717, 1.165) is 11.8 Å². The highest BCUT2D eigenvalue weighted by molar-refractivity contribution is 5.29. The third-order valence-electron chi connectivity index (χ3n) is 6.52. The average Bonchev–Trinajstić information content (AvgIpc) is 2.69. The van der Waals surface area contributed by atoms with Crippen LogP contribution in [-0.4, -0.2) is 13.3 Å². The molecule has 0 aromatic heterocycles. The Morgan fingerprint density at radius 2 is 1.48 bits per heavy atom. The van der Waals surface area contributed by atoms with Gasteiger partial charge in [-0.3, -0.25) is 4.39 Å². The molecule has 0 N–H and O–H groups in total. The first-order valence-corrected chi connectivity index (χ1v) is 10.4. The molecule has 1 aromatic carbocycles. The molecule has 0 atom stereocenters. The van der Waals surface area contributed by atoms with Crippen LogP contribution in [0.5, 0.6) is 5.75 Å². The smallest absolute Gasteiger partial charge is 0.387 e. The highest BCUT2D eigenvalue weighted by Gasteiger charge is 2.30. The van der Waals surface area contributed by atoms with Crippen molar-refractivity contribution in [1.29, 1.82) is 0 Å². The van der Waals surface area contributed by atoms with Crippen LogP contribution in [0.15, 0.2) is 36.4 Å². The largest absolute Gasteiger partial charge is 0.435 e. The van der Waals surface area contributed by atoms with Crippen LogP contribution < -0.4 is 4.74 Å². The SMILES string of the molecule is FCC/C=C/C1CCC(C2CCC(c3ccc(OC(F)F)cc3)CC2)CC1. The zero-order chi connectivity index (χ0) is 19.1. The van der Waals surface area contributed by atoms with Gasteiger partial charge in [-0.05, 0) is 99.2 Å². The normalized spacial score (nSPS) is 29.3. The second-order valence-corrected chi connectivity index (χ2v) is 8.14. The lowest BCUT2D eigenvalue weighted by Gasteiger charge is -2.37. The maximum absolute atomic E-state index is 12.3. The van der Waals surface area contributed by atoms with E-state index in [0.29, 0.717) is 18.3 Å². The number of hydrogen-bond acceptors (Lipinski definition) is 1. The molecule has 2 aliphatic carbocycles. The van der Waals surface area contributed by atoms with Gasteiger partial charge in [0.05, 0.1) is 6.67 Å². The number of halogens is 3. The molecule has 1 aromatic rings. The quantitative estimate of drug-likeness (QED) is 0.451. The molecule has 0 unspecified atom stereocenters. The van der Waals surface area contributed by atoms with E-state index in [1.807, 2.05) is 18.2 Å². The zero-order valence-corrected chi connectivity index (χ0v) is 16.0. The Morgan fingerprint density at radius 1 is 0.889 bits per heavy atom. The summed E-state index contributed by atoms with van der Waals surface area (Å²) < 4.78 is 41.1. The molecule has 2 aliphatic rings. The van der Waals surface area contributed by atoms with Crippen LogP contribution in [0.3, 0.4) is 0 Å². The van der Waals surface area contributed by atoms with Crippen LogP contribution >= 0.6 is 0 Å². The molecule has 2 fully saturated rings. The minimum atomic E-state index is -2.76. The summed E-state index contributed by atoms with van der Waals surface area (Å²) in [5.74, 6) is 3.11. The van der Waals surface area contributed by atoms with Crippen molar-refractivity contribution in [3.63, 3.8) is 0 Å². The number of alkyl halides is 3. The summed E-state index contributed by atoms with van der Waals surface area (Å²) in [6.45, 7) is -3.02. The third kappa shape index (κ3) is 6.02. The van der Waals surface area contributed by atoms with Crippen LogP contribution in [0.25, 0.3) is 0 Å². The van der Waals surface area contributed by atoms with Crippen molar-refractivity contribution in [2.45, 2.75) is 70.3 Å². The summed E-state index contributed by atoms with van der Waals surface area (Å²) in [5, 5.41) is 0. The van der Waals surface area contributed by atoms with Gasteiger partial charge in [0.25, 0.3) is 0 Å². The Kier molecular flexibility index (Phi) is 7.66. The Bertz CT molecular complexity index is 568. The van der Waals surface area contributed by atoms with Crippen molar-refractivity contribution < 1.29 is 17.9 Å². The van der Waals surface area contributed by atoms with Crippen molar-refractivity contribution in [3.05, 3.63) is 42.0 Å². The van der Waals surface area contributed by atoms with Gasteiger partial charge in [-0.1, -0.05) is 24.3 Å². The van der Waals surface area contributed by atoms with Crippen LogP contribution in [0, 0.1) is 17.8 Å². The molecule has 150 valence electrons. The van der Waals surface area contributed by atoms with E-state index in [1.165, 1.54) is 56.9 Å². The molecule has 2 saturated carbocycles. The fraction of sp³-hybridized carbons (Fsp3) is 0.652. The molecular formula is C23H31F3O. The van der Waals surface area contributed by atoms with E-state index in [4.69, 9.17) is 0 Å². The Morgan fingerprint density at radius 3 is 2.04 bits per heavy atom. The predicted octanol–water partition coefficient (Wildman–Crippen LogP) is 7.28. The number of benzene rings is 1. The van der Waals surface area contributed by atoms with E-state index in [2.05, 4.69) is 10.8 Å². The third-order valence-corrected chi connectivity index (χ3v) is 6.52. The monoisotopic (exact) mass is 380 g/mol. The molecule has 0 radical (unpaired) electrons. The van der Waals surface area contributed by atoms with Crippen LogP contribution in [-0.2, 0) is 0 Å². The summed E-state index contributed by atoms with van der Waals surface area (Å²) in [6, 6.07) is 7.20. The van der Waals surface area contributed by atoms with Crippen molar-refractivity contribution in [2.75, 3.05) is 6.67 Å². The molecule has 0 amide bonds. The van der Waals surface area contributed by atoms with E-state index in [9.17, 15) is 13.2 Å². The van der Waals surface area contributed by atoms with E-state index in [-0.39, 0.29) is 12.4 Å². The highest BCUT2D eigenvalue weighted by Crippen LogP contribution is 2.44. The maximum Gasteiger partial charge on any atom is 0.387 e. The first-order valence-electron chi connectivity index (χ1n) is 10.4. The lowest BCUT2D eigenvalue weighted by molar-refractivity contribution is -0.0498. The van der Waals surface area contributed by atoms with E-state index in [1.54, 1.807) is 12.1 Å². The van der Waals surface area contributed by atoms with Gasteiger partial charge in [0.2, 0.25) is 0 Å². The fourth-order valence-corrected chi connectivity index (χ4v) is 5.01. The first-order chi connectivity index (χ1) is 13.2. The molecule has 3 rings (SSSR count). The zero-order valence-electron chi connectivity index (χ0n) is 16.0. The van der Waals surface area contributed by atoms with Crippen molar-refractivity contribution in [3.8, 4) is 5.75 Å². The van der Waals surface area contributed by atoms with Crippen molar-refractivity contribution in [2.24, 2.45) is 17.8 Å². The van der Waals surface area contributed by atoms with Gasteiger partial charge in [-0.15, -0.1) is 0 Å². The molecular weight excluding hydrogens is 349 g/mol. The van der Waals surface area contributed by atoms with E-state index < -0.39 is 6.61 Å². The van der Waals surface area contributed by atoms with Gasteiger partial charge in [0, 0.05) is 0 Å². The molecule has 4 heteroatoms. The van der Waals surface area contributed by atoms with Gasteiger partial charge in [0.1, 0.15) is 5.75 Å². The Balaban J connectivity index is 1.43. The molecule has 0 saturated heterocycles. The summed E-state index contributed by atoms with van der Waals surface area (Å²) in [5.41, 5.74) is 1.25. The van der Waals surface area contributed by atoms with Crippen molar-refractivity contribution >= 4 is 0 Å². The minimum Gasteiger partial charge on any atom is -0.435 e. The predicted molar refractivity (Wildman–Crippen MR) is 103 cm³/mol. The van der Waals surface area contributed by atoms with E-state index >= 15 is 0 Å². The topological polar surface area (TPSA) is 9.23 Å². The first kappa shape index (κ1) is 20.3. The number of hydrogen-bond donors (Lipinski definition) is 0. The van der Waals surface area contributed by atoms with Crippen LogP contribution in [0.4, 0.5) is 13.2 Å². The van der Waals surface area contributed by atoms with Crippen LogP contribution in [0.1, 0.15) is 69.3 Å². The standard InChI is InChI=1S/C23H31F3O/c24-16-2-1-3-17-4-6-18(7-5-17)19-8-10-20(11-9-19)21-12-14-22(15-13-21)27-23(25)26/h1,3,12-15,17-20,23H,2,4-11,16H2/b3-1+. The fourth-order valence-electron chi connectivity index (χ4n) is 5.01. The Labute approximate surface area is 161 Å². The lowest BCUT2D eigenvalue weighted by Crippen LogP contribution is -2.25. The summed E-state index contributed by atoms with van der Waals surface area (Å²) in [7, 11) is 0. The minimum absolute atomic E-state index is 0.236. The molecule has 0 heterocycles. The molecule has 0 bridgehead atoms. The van der Waals surface area contributed by atoms with Crippen molar-refractivity contribution in [1.82, 2.24) is 0 Å². The molecule has 0 spiro atoms. The second kappa shape index (κ2) is 10.2. The number of ether oxygens (including phenoxy) is 1.